The lowest BCUT2D eigenvalue weighted by atomic mass is 9.91. The van der Waals surface area contributed by atoms with Gasteiger partial charge in [-0.1, -0.05) is 26.0 Å². The number of aryl methyl sites for hydroxylation is 1. The highest BCUT2D eigenvalue weighted by atomic mass is 14.9. The van der Waals surface area contributed by atoms with Crippen LogP contribution in [0.4, 0.5) is 0 Å². The maximum Gasteiger partial charge on any atom is 0.0436 e. The van der Waals surface area contributed by atoms with Crippen molar-refractivity contribution in [1.82, 2.24) is 4.57 Å². The van der Waals surface area contributed by atoms with Crippen molar-refractivity contribution < 1.29 is 0 Å². The molecule has 12 heavy (non-hydrogen) atoms. The molecule has 64 valence electrons. The minimum Gasteiger partial charge on any atom is -0.351 e. The maximum absolute atomic E-state index is 2.36. The van der Waals surface area contributed by atoms with E-state index in [1.54, 1.807) is 0 Å². The van der Waals surface area contributed by atoms with Crippen molar-refractivity contribution in [2.45, 2.75) is 13.8 Å². The van der Waals surface area contributed by atoms with Crippen LogP contribution in [0, 0.1) is 11.8 Å². The molecule has 0 radical (unpaired) electrons. The van der Waals surface area contributed by atoms with Crippen LogP contribution in [0.2, 0.25) is 0 Å². The minimum atomic E-state index is 0.672. The van der Waals surface area contributed by atoms with E-state index >= 15 is 0 Å². The van der Waals surface area contributed by atoms with Gasteiger partial charge in [-0.25, -0.2) is 0 Å². The molecular weight excluding hydrogens is 146 g/mol. The monoisotopic (exact) mass is 161 g/mol. The summed E-state index contributed by atoms with van der Waals surface area (Å²) in [5.74, 6) is 1.35. The first-order valence-corrected chi connectivity index (χ1v) is 4.53. The lowest BCUT2D eigenvalue weighted by Crippen LogP contribution is -2.33. The van der Waals surface area contributed by atoms with Crippen LogP contribution < -0.4 is 10.6 Å². The summed E-state index contributed by atoms with van der Waals surface area (Å²) < 4.78 is 2.19. The Morgan fingerprint density at radius 3 is 2.58 bits per heavy atom. The topological polar surface area (TPSA) is 4.93 Å². The third kappa shape index (κ3) is 1.01. The summed E-state index contributed by atoms with van der Waals surface area (Å²) in [6.07, 6.45) is 6.85. The van der Waals surface area contributed by atoms with Crippen LogP contribution in [-0.2, 0) is 7.05 Å². The summed E-state index contributed by atoms with van der Waals surface area (Å²) in [6.45, 7) is 4.55. The molecule has 0 fully saturated rings. The van der Waals surface area contributed by atoms with Crippen molar-refractivity contribution in [2.24, 2.45) is 18.9 Å². The van der Waals surface area contributed by atoms with Crippen LogP contribution in [-0.4, -0.2) is 4.57 Å². The summed E-state index contributed by atoms with van der Waals surface area (Å²) in [5, 5.41) is 2.77. The van der Waals surface area contributed by atoms with Crippen LogP contribution >= 0.6 is 0 Å². The molecule has 2 unspecified atom stereocenters. The zero-order valence-corrected chi connectivity index (χ0v) is 7.91. The molecule has 1 nitrogen and oxygen atoms in total. The molecule has 0 aromatic carbocycles. The second-order valence-electron chi connectivity index (χ2n) is 3.82. The van der Waals surface area contributed by atoms with Crippen LogP contribution in [0.5, 0.6) is 0 Å². The molecule has 0 amide bonds. The summed E-state index contributed by atoms with van der Waals surface area (Å²) in [5.41, 5.74) is 0. The standard InChI is InChI=1S/C11H15N/c1-8-6-10-4-5-12(3)11(10)7-9(8)2/h4-9H,1-3H3. The van der Waals surface area contributed by atoms with Crippen molar-refractivity contribution in [3.05, 3.63) is 22.8 Å². The first-order valence-electron chi connectivity index (χ1n) is 4.53. The second-order valence-corrected chi connectivity index (χ2v) is 3.82. The van der Waals surface area contributed by atoms with Gasteiger partial charge in [0.1, 0.15) is 0 Å². The molecule has 0 N–H and O–H groups in total. The fraction of sp³-hybridized carbons (Fsp3) is 0.455. The Balaban J connectivity index is 2.73. The maximum atomic E-state index is 2.36. The Morgan fingerprint density at radius 2 is 1.83 bits per heavy atom. The Bertz CT molecular complexity index is 397. The largest absolute Gasteiger partial charge is 0.351 e. The number of fused-ring (bicyclic) bond motifs is 1. The SMILES string of the molecule is CC1C=c2ccn(C)c2=CC1C. The fourth-order valence-corrected chi connectivity index (χ4v) is 1.75. The van der Waals surface area contributed by atoms with Crippen molar-refractivity contribution in [3.63, 3.8) is 0 Å². The molecule has 2 atom stereocenters. The van der Waals surface area contributed by atoms with E-state index in [9.17, 15) is 0 Å². The van der Waals surface area contributed by atoms with Crippen LogP contribution in [0.3, 0.4) is 0 Å². The molecule has 0 bridgehead atoms. The van der Waals surface area contributed by atoms with Gasteiger partial charge in [0.15, 0.2) is 0 Å². The number of nitrogens with zero attached hydrogens (tertiary/aromatic N) is 1. The highest BCUT2D eigenvalue weighted by Crippen LogP contribution is 2.14. The summed E-state index contributed by atoms with van der Waals surface area (Å²) in [7, 11) is 2.10. The van der Waals surface area contributed by atoms with Crippen molar-refractivity contribution in [1.29, 1.82) is 0 Å². The third-order valence-corrected chi connectivity index (χ3v) is 2.85. The van der Waals surface area contributed by atoms with Gasteiger partial charge in [0.05, 0.1) is 0 Å². The summed E-state index contributed by atoms with van der Waals surface area (Å²) in [4.78, 5) is 0. The molecule has 0 saturated heterocycles. The van der Waals surface area contributed by atoms with Crippen LogP contribution in [0.15, 0.2) is 12.3 Å². The molecular formula is C11H15N. The van der Waals surface area contributed by atoms with E-state index in [4.69, 9.17) is 0 Å². The number of aromatic nitrogens is 1. The van der Waals surface area contributed by atoms with Gasteiger partial charge in [0.2, 0.25) is 0 Å². The highest BCUT2D eigenvalue weighted by Gasteiger charge is 2.11. The molecule has 1 aliphatic rings. The number of hydrogen-bond donors (Lipinski definition) is 0. The normalized spacial score (nSPS) is 27.2. The van der Waals surface area contributed by atoms with Gasteiger partial charge >= 0.3 is 0 Å². The molecule has 1 aromatic heterocycles. The predicted octanol–water partition coefficient (Wildman–Crippen LogP) is 0.872. The fourth-order valence-electron chi connectivity index (χ4n) is 1.75. The summed E-state index contributed by atoms with van der Waals surface area (Å²) in [6, 6.07) is 2.19. The van der Waals surface area contributed by atoms with Crippen molar-refractivity contribution >= 4 is 12.2 Å². The average Bonchev–Trinajstić information content (AvgIpc) is 2.35. The van der Waals surface area contributed by atoms with E-state index in [-0.39, 0.29) is 0 Å². The van der Waals surface area contributed by atoms with Gasteiger partial charge in [0, 0.05) is 18.6 Å². The van der Waals surface area contributed by atoms with E-state index in [1.165, 1.54) is 10.6 Å². The van der Waals surface area contributed by atoms with E-state index in [2.05, 4.69) is 49.9 Å². The first kappa shape index (κ1) is 7.66. The van der Waals surface area contributed by atoms with Crippen molar-refractivity contribution in [2.75, 3.05) is 0 Å². The van der Waals surface area contributed by atoms with Gasteiger partial charge < -0.3 is 4.57 Å². The molecule has 0 aliphatic heterocycles. The molecule has 0 saturated carbocycles. The van der Waals surface area contributed by atoms with Crippen LogP contribution in [0.1, 0.15) is 13.8 Å². The molecule has 1 aromatic rings. The Kier molecular flexibility index (Phi) is 1.60. The molecule has 1 aliphatic carbocycles. The molecule has 2 rings (SSSR count). The smallest absolute Gasteiger partial charge is 0.0436 e. The van der Waals surface area contributed by atoms with Gasteiger partial charge in [-0.3, -0.25) is 0 Å². The Hall–Kier alpha value is -0.980. The quantitative estimate of drug-likeness (QED) is 0.532. The second kappa shape index (κ2) is 2.51. The zero-order chi connectivity index (χ0) is 8.72. The lowest BCUT2D eigenvalue weighted by Gasteiger charge is -2.15. The highest BCUT2D eigenvalue weighted by molar-refractivity contribution is 5.40. The van der Waals surface area contributed by atoms with Gasteiger partial charge in [0.25, 0.3) is 0 Å². The third-order valence-electron chi connectivity index (χ3n) is 2.85. The van der Waals surface area contributed by atoms with E-state index in [0.717, 1.165) is 0 Å². The molecule has 1 heterocycles. The minimum absolute atomic E-state index is 0.672. The number of rotatable bonds is 0. The van der Waals surface area contributed by atoms with Gasteiger partial charge in [-0.2, -0.15) is 0 Å². The van der Waals surface area contributed by atoms with E-state index in [0.29, 0.717) is 11.8 Å². The summed E-state index contributed by atoms with van der Waals surface area (Å²) >= 11 is 0. The first-order chi connectivity index (χ1) is 5.68. The Labute approximate surface area is 73.0 Å². The van der Waals surface area contributed by atoms with Gasteiger partial charge in [-0.05, 0) is 23.1 Å². The predicted molar refractivity (Wildman–Crippen MR) is 51.9 cm³/mol. The molecule has 1 heteroatoms. The van der Waals surface area contributed by atoms with Crippen molar-refractivity contribution in [3.8, 4) is 0 Å². The Morgan fingerprint density at radius 1 is 1.17 bits per heavy atom. The molecule has 0 spiro atoms. The van der Waals surface area contributed by atoms with Gasteiger partial charge in [-0.15, -0.1) is 0 Å². The lowest BCUT2D eigenvalue weighted by molar-refractivity contribution is 0.604. The van der Waals surface area contributed by atoms with Crippen LogP contribution in [0.25, 0.3) is 12.2 Å². The zero-order valence-electron chi connectivity index (χ0n) is 7.91. The van der Waals surface area contributed by atoms with E-state index < -0.39 is 0 Å². The van der Waals surface area contributed by atoms with E-state index in [1.807, 2.05) is 0 Å². The number of hydrogen-bond acceptors (Lipinski definition) is 0. The average molecular weight is 161 g/mol.